The molecule has 14 atom stereocenters. The maximum atomic E-state index is 12.9. The molecule has 0 aromatic carbocycles. The van der Waals surface area contributed by atoms with Crippen LogP contribution in [0.1, 0.15) is 148 Å². The molecule has 0 aromatic rings. The molecule has 3 heterocycles. The van der Waals surface area contributed by atoms with Crippen molar-refractivity contribution in [1.82, 2.24) is 5.32 Å². The Labute approximate surface area is 336 Å². The Hall–Kier alpha value is -1.77. The second kappa shape index (κ2) is 20.3. The first-order chi connectivity index (χ1) is 25.6. The lowest BCUT2D eigenvalue weighted by molar-refractivity contribution is -0.267. The van der Waals surface area contributed by atoms with Crippen molar-refractivity contribution in [3.8, 4) is 0 Å². The lowest BCUT2D eigenvalue weighted by atomic mass is 9.68. The van der Waals surface area contributed by atoms with Crippen molar-refractivity contribution in [2.75, 3.05) is 0 Å². The number of rotatable bonds is 16. The third-order valence-electron chi connectivity index (χ3n) is 14.0. The molecule has 3 aliphatic rings. The van der Waals surface area contributed by atoms with Gasteiger partial charge in [-0.2, -0.15) is 0 Å². The molecule has 0 bridgehead atoms. The van der Waals surface area contributed by atoms with Crippen LogP contribution in [0.5, 0.6) is 0 Å². The minimum Gasteiger partial charge on any atom is -0.393 e. The number of hydrogen-bond donors (Lipinski definition) is 4. The Bertz CT molecular complexity index is 1330. The number of allylic oxidation sites excluding steroid dienone is 7. The van der Waals surface area contributed by atoms with E-state index in [4.69, 9.17) is 9.47 Å². The monoisotopic (exact) mass is 770 g/mol. The zero-order chi connectivity index (χ0) is 41.5. The fourth-order valence-corrected chi connectivity index (χ4v) is 9.72. The van der Waals surface area contributed by atoms with Crippen LogP contribution in [0.2, 0.25) is 0 Å². The number of aliphatic hydroxyl groups is 3. The van der Waals surface area contributed by atoms with Crippen molar-refractivity contribution in [3.63, 3.8) is 0 Å². The highest BCUT2D eigenvalue weighted by Crippen LogP contribution is 2.47. The van der Waals surface area contributed by atoms with Crippen LogP contribution in [-0.4, -0.2) is 63.1 Å². The van der Waals surface area contributed by atoms with Gasteiger partial charge in [-0.1, -0.05) is 124 Å². The first-order valence-electron chi connectivity index (χ1n) is 21.9. The second-order valence-corrected chi connectivity index (χ2v) is 20.1. The largest absolute Gasteiger partial charge is 0.393 e. The Kier molecular flexibility index (Phi) is 17.5. The molecule has 3 aliphatic heterocycles. The summed E-state index contributed by atoms with van der Waals surface area (Å²) in [6.45, 7) is 30.3. The Morgan fingerprint density at radius 3 is 2.31 bits per heavy atom. The average molecular weight is 770 g/mol. The van der Waals surface area contributed by atoms with Gasteiger partial charge in [0.15, 0.2) is 0 Å². The minimum absolute atomic E-state index is 0.00445. The molecule has 0 aliphatic carbocycles. The number of hydrogen-bond acceptors (Lipinski definition) is 6. The minimum atomic E-state index is -0.908. The molecule has 1 spiro atoms. The summed E-state index contributed by atoms with van der Waals surface area (Å²) in [4.78, 5) is 12.9. The van der Waals surface area contributed by atoms with Gasteiger partial charge in [0.25, 0.3) is 0 Å². The summed E-state index contributed by atoms with van der Waals surface area (Å²) in [6, 6.07) is 0. The molecule has 3 saturated heterocycles. The van der Waals surface area contributed by atoms with E-state index in [-0.39, 0.29) is 64.6 Å². The normalized spacial score (nSPS) is 35.1. The summed E-state index contributed by atoms with van der Waals surface area (Å²) in [6.07, 6.45) is 19.4. The van der Waals surface area contributed by atoms with Gasteiger partial charge >= 0.3 is 0 Å². The molecule has 4 N–H and O–H groups in total. The van der Waals surface area contributed by atoms with Crippen molar-refractivity contribution in [1.29, 1.82) is 0 Å². The quantitative estimate of drug-likeness (QED) is 0.117. The molecule has 316 valence electrons. The van der Waals surface area contributed by atoms with Gasteiger partial charge in [-0.3, -0.25) is 4.79 Å². The van der Waals surface area contributed by atoms with Crippen molar-refractivity contribution < 1.29 is 29.6 Å². The highest BCUT2D eigenvalue weighted by atomic mass is 16.5. The number of carbonyl (C=O) groups excluding carboxylic acids is 1. The molecule has 0 unspecified atom stereocenters. The van der Waals surface area contributed by atoms with E-state index in [2.05, 4.69) is 112 Å². The third kappa shape index (κ3) is 12.4. The average Bonchev–Trinajstić information content (AvgIpc) is 3.10. The number of carbonyl (C=O) groups is 1. The predicted octanol–water partition coefficient (Wildman–Crippen LogP) is 9.96. The van der Waals surface area contributed by atoms with E-state index in [1.54, 1.807) is 0 Å². The van der Waals surface area contributed by atoms with Gasteiger partial charge in [0, 0.05) is 36.0 Å². The number of piperidine rings is 1. The maximum absolute atomic E-state index is 12.9. The molecule has 3 fully saturated rings. The fraction of sp³-hybridized carbons (Fsp3) is 0.812. The van der Waals surface area contributed by atoms with Crippen LogP contribution in [0.3, 0.4) is 0 Å². The SMILES string of the molecule is CC[C@H]1C[C@H](C)[C@@]2(NC1=O)O[C@@H](C[C@H](O)[C@@H](C)CC/C=C/C=C(\C)[C@H](C/C=C/C=C/[C@H](O)[C@H](C)[C@H]1OC(C)(C)CC[C@H]1C(C)(C)C)C(C)C)[C@H](C)[C@H](O)[C@@H]2C. The Morgan fingerprint density at radius 2 is 1.69 bits per heavy atom. The summed E-state index contributed by atoms with van der Waals surface area (Å²) >= 11 is 0. The van der Waals surface area contributed by atoms with Crippen LogP contribution < -0.4 is 5.32 Å². The van der Waals surface area contributed by atoms with E-state index in [1.165, 1.54) is 5.57 Å². The van der Waals surface area contributed by atoms with Crippen LogP contribution in [-0.2, 0) is 14.3 Å². The van der Waals surface area contributed by atoms with Crippen LogP contribution in [0.15, 0.2) is 48.1 Å². The Morgan fingerprint density at radius 1 is 1.02 bits per heavy atom. The van der Waals surface area contributed by atoms with E-state index in [0.29, 0.717) is 24.2 Å². The molecular formula is C48H83NO6. The summed E-state index contributed by atoms with van der Waals surface area (Å²) in [5.74, 6) is 1.04. The molecule has 55 heavy (non-hydrogen) atoms. The van der Waals surface area contributed by atoms with Gasteiger partial charge in [0.05, 0.1) is 36.1 Å². The maximum Gasteiger partial charge on any atom is 0.225 e. The third-order valence-corrected chi connectivity index (χ3v) is 14.0. The molecule has 1 amide bonds. The summed E-state index contributed by atoms with van der Waals surface area (Å²) < 4.78 is 13.3. The van der Waals surface area contributed by atoms with Gasteiger partial charge in [-0.05, 0) is 94.8 Å². The topological polar surface area (TPSA) is 108 Å². The predicted molar refractivity (Wildman–Crippen MR) is 227 cm³/mol. The highest BCUT2D eigenvalue weighted by Gasteiger charge is 2.57. The highest BCUT2D eigenvalue weighted by molar-refractivity contribution is 5.80. The van der Waals surface area contributed by atoms with Crippen LogP contribution >= 0.6 is 0 Å². The van der Waals surface area contributed by atoms with E-state index < -0.39 is 24.0 Å². The van der Waals surface area contributed by atoms with Crippen molar-refractivity contribution >= 4 is 5.91 Å². The number of amides is 1. The zero-order valence-corrected chi connectivity index (χ0v) is 37.3. The Balaban J connectivity index is 1.50. The first-order valence-corrected chi connectivity index (χ1v) is 21.9. The fourth-order valence-electron chi connectivity index (χ4n) is 9.72. The standard InChI is InChI=1S/C48H83NO6/c1-15-37-28-33(6)48(49-45(37)53)36(9)43(52)35(8)42(54-48)29-41(51)32(5)23-19-16-18-22-31(4)38(30(2)3)24-20-17-21-25-40(50)34(7)44-39(46(10,11)12)26-27-47(13,14)55-44/h16-18,20-22,25,30,32-44,50-52H,15,19,23-24,26-29H2,1-14H3,(H,49,53)/b18-16+,20-17+,25-21+,31-22+/t32-,33-,34-,35-,36-,37-,38+,39+,40-,41-,42-,43-,44+,48+/m0/s1. The van der Waals surface area contributed by atoms with Crippen LogP contribution in [0, 0.1) is 58.7 Å². The van der Waals surface area contributed by atoms with Crippen molar-refractivity contribution in [2.24, 2.45) is 58.7 Å². The summed E-state index contributed by atoms with van der Waals surface area (Å²) in [5, 5.41) is 36.9. The smallest absolute Gasteiger partial charge is 0.225 e. The van der Waals surface area contributed by atoms with E-state index in [1.807, 2.05) is 32.9 Å². The molecule has 0 aromatic heterocycles. The second-order valence-electron chi connectivity index (χ2n) is 20.1. The lowest BCUT2D eigenvalue weighted by Crippen LogP contribution is -2.71. The van der Waals surface area contributed by atoms with Gasteiger partial charge in [-0.15, -0.1) is 0 Å². The lowest BCUT2D eigenvalue weighted by Gasteiger charge is -2.56. The first kappa shape index (κ1) is 47.6. The number of ether oxygens (including phenoxy) is 2. The van der Waals surface area contributed by atoms with E-state index in [0.717, 1.165) is 44.9 Å². The molecule has 7 nitrogen and oxygen atoms in total. The summed E-state index contributed by atoms with van der Waals surface area (Å²) in [5.41, 5.74) is 0.395. The van der Waals surface area contributed by atoms with Gasteiger partial charge in [-0.25, -0.2) is 0 Å². The van der Waals surface area contributed by atoms with Crippen LogP contribution in [0.4, 0.5) is 0 Å². The summed E-state index contributed by atoms with van der Waals surface area (Å²) in [7, 11) is 0. The number of nitrogens with one attached hydrogen (secondary N) is 1. The molecule has 0 saturated carbocycles. The molecular weight excluding hydrogens is 687 g/mol. The van der Waals surface area contributed by atoms with Crippen molar-refractivity contribution in [3.05, 3.63) is 48.1 Å². The van der Waals surface area contributed by atoms with E-state index in [9.17, 15) is 20.1 Å². The number of aliphatic hydroxyl groups excluding tert-OH is 3. The van der Waals surface area contributed by atoms with Crippen LogP contribution in [0.25, 0.3) is 0 Å². The molecule has 7 heteroatoms. The van der Waals surface area contributed by atoms with Gasteiger partial charge in [0.2, 0.25) is 5.91 Å². The van der Waals surface area contributed by atoms with E-state index >= 15 is 0 Å². The van der Waals surface area contributed by atoms with Gasteiger partial charge in [0.1, 0.15) is 5.72 Å². The molecule has 3 rings (SSSR count). The van der Waals surface area contributed by atoms with Gasteiger partial charge < -0.3 is 30.1 Å². The zero-order valence-electron chi connectivity index (χ0n) is 37.3. The molecule has 0 radical (unpaired) electrons. The van der Waals surface area contributed by atoms with Crippen molar-refractivity contribution in [2.45, 2.75) is 190 Å².